The van der Waals surface area contributed by atoms with Gasteiger partial charge in [-0.3, -0.25) is 0 Å². The zero-order chi connectivity index (χ0) is 9.40. The van der Waals surface area contributed by atoms with Gasteiger partial charge in [0, 0.05) is 6.54 Å². The molecule has 0 saturated heterocycles. The first-order chi connectivity index (χ1) is 5.76. The zero-order valence-electron chi connectivity index (χ0n) is 6.30. The van der Waals surface area contributed by atoms with Gasteiger partial charge in [0.2, 0.25) is 0 Å². The molecule has 0 radical (unpaired) electrons. The first kappa shape index (κ1) is 10.7. The predicted octanol–water partition coefficient (Wildman–Crippen LogP) is 0.618. The lowest BCUT2D eigenvalue weighted by Gasteiger charge is -2.10. The quantitative estimate of drug-likeness (QED) is 0.498. The first-order valence-corrected chi connectivity index (χ1v) is 3.26. The summed E-state index contributed by atoms with van der Waals surface area (Å²) in [6, 6.07) is -0.889. The molecule has 12 heavy (non-hydrogen) atoms. The number of alkyl halides is 2. The van der Waals surface area contributed by atoms with E-state index in [0.29, 0.717) is 5.01 Å². The van der Waals surface area contributed by atoms with Crippen molar-refractivity contribution in [3.05, 3.63) is 4.91 Å². The van der Waals surface area contributed by atoms with Crippen LogP contribution in [0, 0.1) is 4.91 Å². The Labute approximate surface area is 67.7 Å². The smallest absolute Gasteiger partial charge is 0.334 e. The molecule has 0 aliphatic heterocycles. The van der Waals surface area contributed by atoms with Crippen molar-refractivity contribution < 1.29 is 13.6 Å². The molecule has 0 heterocycles. The fourth-order valence-electron chi connectivity index (χ4n) is 0.505. The van der Waals surface area contributed by atoms with E-state index in [0.717, 1.165) is 0 Å². The van der Waals surface area contributed by atoms with Gasteiger partial charge in [-0.15, -0.1) is 4.91 Å². The Hall–Kier alpha value is -1.27. The van der Waals surface area contributed by atoms with Gasteiger partial charge in [-0.1, -0.05) is 0 Å². The van der Waals surface area contributed by atoms with Crippen LogP contribution in [0.5, 0.6) is 0 Å². The van der Waals surface area contributed by atoms with Gasteiger partial charge in [-0.2, -0.15) is 5.01 Å². The molecular formula is C5H9F2N3O2. The lowest BCUT2D eigenvalue weighted by Crippen LogP contribution is -2.38. The van der Waals surface area contributed by atoms with E-state index in [1.807, 2.05) is 5.32 Å². The van der Waals surface area contributed by atoms with Gasteiger partial charge in [0.15, 0.2) is 0 Å². The largest absolute Gasteiger partial charge is 0.340 e. The molecule has 0 unspecified atom stereocenters. The molecule has 0 atom stereocenters. The summed E-state index contributed by atoms with van der Waals surface area (Å²) >= 11 is 0. The van der Waals surface area contributed by atoms with Crippen molar-refractivity contribution in [3.63, 3.8) is 0 Å². The molecule has 0 rings (SSSR count). The molecule has 0 aliphatic carbocycles. The highest BCUT2D eigenvalue weighted by atomic mass is 19.1. The van der Waals surface area contributed by atoms with Crippen molar-refractivity contribution in [1.82, 2.24) is 10.3 Å². The van der Waals surface area contributed by atoms with Crippen LogP contribution >= 0.6 is 0 Å². The van der Waals surface area contributed by atoms with E-state index in [-0.39, 0.29) is 6.54 Å². The minimum absolute atomic E-state index is 0.211. The van der Waals surface area contributed by atoms with Gasteiger partial charge in [-0.25, -0.2) is 13.6 Å². The Morgan fingerprint density at radius 3 is 2.50 bits per heavy atom. The van der Waals surface area contributed by atoms with Gasteiger partial charge >= 0.3 is 6.03 Å². The number of nitrogens with zero attached hydrogens (tertiary/aromatic N) is 2. The maximum Gasteiger partial charge on any atom is 0.340 e. The van der Waals surface area contributed by atoms with Crippen LogP contribution in [0.15, 0.2) is 5.29 Å². The third-order valence-corrected chi connectivity index (χ3v) is 1.00. The molecule has 0 aromatic heterocycles. The summed E-state index contributed by atoms with van der Waals surface area (Å²) in [5.74, 6) is 0. The second-order valence-corrected chi connectivity index (χ2v) is 1.81. The molecule has 5 nitrogen and oxygen atoms in total. The number of hydrogen-bond acceptors (Lipinski definition) is 3. The number of rotatable bonds is 5. The highest BCUT2D eigenvalue weighted by Crippen LogP contribution is 1.89. The SMILES string of the molecule is O=NN(CCF)[11C](=O)NCCF. The Balaban J connectivity index is 3.77. The van der Waals surface area contributed by atoms with Gasteiger partial charge in [0.25, 0.3) is 0 Å². The summed E-state index contributed by atoms with van der Waals surface area (Å²) in [5, 5.41) is 4.62. The number of nitroso groups, excluding NO2 is 1. The number of carbonyl (C=O) groups excluding carboxylic acids is 1. The van der Waals surface area contributed by atoms with Gasteiger partial charge in [-0.05, 0) is 0 Å². The van der Waals surface area contributed by atoms with Crippen LogP contribution in [-0.2, 0) is 0 Å². The Bertz CT molecular complexity index is 156. The normalized spacial score (nSPS) is 9.17. The van der Waals surface area contributed by atoms with Crippen molar-refractivity contribution in [2.45, 2.75) is 0 Å². The standard InChI is InChI=1S/C5H9F2N3O2/c6-1-3-8-5(11)10(9-12)4-2-7/h1-4H2,(H,8,11)/i5-1. The molecule has 0 spiro atoms. The van der Waals surface area contributed by atoms with E-state index in [9.17, 15) is 18.5 Å². The Morgan fingerprint density at radius 2 is 2.08 bits per heavy atom. The van der Waals surface area contributed by atoms with Crippen LogP contribution < -0.4 is 5.32 Å². The summed E-state index contributed by atoms with van der Waals surface area (Å²) in [6.07, 6.45) is 0. The highest BCUT2D eigenvalue weighted by Gasteiger charge is 2.11. The number of halogens is 2. The van der Waals surface area contributed by atoms with Crippen LogP contribution in [0.25, 0.3) is 0 Å². The molecular weight excluding hydrogens is 171 g/mol. The number of nitrogens with one attached hydrogen (secondary N) is 1. The molecule has 1 N–H and O–H groups in total. The fraction of sp³-hybridized carbons (Fsp3) is 0.800. The number of urea groups is 1. The molecule has 7 heteroatoms. The highest BCUT2D eigenvalue weighted by molar-refractivity contribution is 5.73. The summed E-state index contributed by atoms with van der Waals surface area (Å²) in [5.41, 5.74) is 0. The summed E-state index contributed by atoms with van der Waals surface area (Å²) < 4.78 is 23.1. The van der Waals surface area contributed by atoms with E-state index >= 15 is 0 Å². The average Bonchev–Trinajstić information content (AvgIpc) is 2.10. The van der Waals surface area contributed by atoms with E-state index in [1.54, 1.807) is 0 Å². The van der Waals surface area contributed by atoms with Gasteiger partial charge in [0.1, 0.15) is 13.3 Å². The van der Waals surface area contributed by atoms with E-state index < -0.39 is 25.9 Å². The van der Waals surface area contributed by atoms with Crippen molar-refractivity contribution in [1.29, 1.82) is 0 Å². The Kier molecular flexibility index (Phi) is 5.76. The first-order valence-electron chi connectivity index (χ1n) is 3.26. The third kappa shape index (κ3) is 3.79. The molecule has 0 bridgehead atoms. The van der Waals surface area contributed by atoms with Gasteiger partial charge < -0.3 is 5.32 Å². The minimum atomic E-state index is -0.889. The number of amides is 2. The van der Waals surface area contributed by atoms with Crippen LogP contribution in [0.4, 0.5) is 13.6 Å². The summed E-state index contributed by atoms with van der Waals surface area (Å²) in [4.78, 5) is 20.6. The van der Waals surface area contributed by atoms with E-state index in [2.05, 4.69) is 5.29 Å². The van der Waals surface area contributed by atoms with Gasteiger partial charge in [0.05, 0.1) is 11.8 Å². The molecule has 0 aromatic carbocycles. The lowest BCUT2D eigenvalue weighted by molar-refractivity contribution is 0.193. The topological polar surface area (TPSA) is 61.8 Å². The van der Waals surface area contributed by atoms with Crippen molar-refractivity contribution in [2.24, 2.45) is 5.29 Å². The molecule has 2 amide bonds. The molecule has 0 fully saturated rings. The van der Waals surface area contributed by atoms with Crippen molar-refractivity contribution in [2.75, 3.05) is 26.4 Å². The summed E-state index contributed by atoms with van der Waals surface area (Å²) in [6.45, 7) is -2.23. The zero-order valence-corrected chi connectivity index (χ0v) is 6.30. The number of carbonyl (C=O) groups is 1. The van der Waals surface area contributed by atoms with Crippen LogP contribution in [0.3, 0.4) is 0 Å². The van der Waals surface area contributed by atoms with Crippen LogP contribution in [0.2, 0.25) is 0 Å². The van der Waals surface area contributed by atoms with Crippen molar-refractivity contribution in [3.8, 4) is 0 Å². The maximum absolute atomic E-state index is 11.6. The third-order valence-electron chi connectivity index (χ3n) is 1.00. The van der Waals surface area contributed by atoms with E-state index in [1.165, 1.54) is 0 Å². The van der Waals surface area contributed by atoms with Crippen LogP contribution in [0.1, 0.15) is 0 Å². The Morgan fingerprint density at radius 1 is 1.42 bits per heavy atom. The van der Waals surface area contributed by atoms with Crippen LogP contribution in [-0.4, -0.2) is 37.5 Å². The van der Waals surface area contributed by atoms with E-state index in [4.69, 9.17) is 0 Å². The monoisotopic (exact) mass is 180 g/mol. The molecule has 70 valence electrons. The molecule has 0 aromatic rings. The summed E-state index contributed by atoms with van der Waals surface area (Å²) in [7, 11) is 0. The minimum Gasteiger partial charge on any atom is -0.334 e. The molecule has 0 aliphatic rings. The second-order valence-electron chi connectivity index (χ2n) is 1.81. The average molecular weight is 180 g/mol. The predicted molar refractivity (Wildman–Crippen MR) is 37.8 cm³/mol. The maximum atomic E-state index is 11.6. The fourth-order valence-corrected chi connectivity index (χ4v) is 0.505. The van der Waals surface area contributed by atoms with Crippen molar-refractivity contribution >= 4 is 6.03 Å². The number of hydrogen-bond donors (Lipinski definition) is 1. The second kappa shape index (κ2) is 6.44. The molecule has 0 saturated carbocycles. The lowest BCUT2D eigenvalue weighted by atomic mass is 10.2.